The summed E-state index contributed by atoms with van der Waals surface area (Å²) in [5.41, 5.74) is 1.32. The van der Waals surface area contributed by atoms with Crippen molar-refractivity contribution in [1.29, 1.82) is 10.5 Å². The molecule has 1 fully saturated rings. The van der Waals surface area contributed by atoms with Gasteiger partial charge in [0.2, 0.25) is 0 Å². The summed E-state index contributed by atoms with van der Waals surface area (Å²) in [6.45, 7) is 0.973. The first-order chi connectivity index (χ1) is 11.2. The van der Waals surface area contributed by atoms with Gasteiger partial charge in [-0.2, -0.15) is 10.5 Å². The Kier molecular flexibility index (Phi) is 3.90. The lowest BCUT2D eigenvalue weighted by molar-refractivity contribution is 0.0173. The molecule has 0 aliphatic carbocycles. The lowest BCUT2D eigenvalue weighted by atomic mass is 10.1. The Labute approximate surface area is 133 Å². The Bertz CT molecular complexity index is 794. The van der Waals surface area contributed by atoms with Crippen LogP contribution in [0.1, 0.15) is 21.6 Å². The van der Waals surface area contributed by atoms with E-state index in [0.717, 1.165) is 0 Å². The monoisotopic (exact) mass is 304 g/mol. The van der Waals surface area contributed by atoms with Crippen LogP contribution in [0.25, 0.3) is 0 Å². The van der Waals surface area contributed by atoms with Gasteiger partial charge in [-0.15, -0.1) is 0 Å². The van der Waals surface area contributed by atoms with Crippen LogP contribution in [0.4, 0.5) is 0 Å². The molecule has 0 radical (unpaired) electrons. The lowest BCUT2D eigenvalue weighted by Gasteiger charge is -2.38. The Morgan fingerprint density at radius 3 is 2.30 bits per heavy atom. The van der Waals surface area contributed by atoms with Crippen molar-refractivity contribution in [3.8, 4) is 17.9 Å². The highest BCUT2D eigenvalue weighted by molar-refractivity contribution is 5.92. The molecule has 0 atom stereocenters. The highest BCUT2D eigenvalue weighted by Crippen LogP contribution is 2.20. The van der Waals surface area contributed by atoms with Gasteiger partial charge in [-0.1, -0.05) is 0 Å². The molecule has 1 amide bonds. The number of rotatable bonds is 3. The van der Waals surface area contributed by atoms with Crippen molar-refractivity contribution in [2.75, 3.05) is 13.1 Å². The van der Waals surface area contributed by atoms with Gasteiger partial charge in [-0.3, -0.25) is 4.79 Å². The maximum absolute atomic E-state index is 12.2. The molecule has 0 bridgehead atoms. The van der Waals surface area contributed by atoms with Gasteiger partial charge in [0, 0.05) is 6.20 Å². The number of aromatic nitrogens is 1. The van der Waals surface area contributed by atoms with Crippen molar-refractivity contribution in [2.45, 2.75) is 6.10 Å². The molecule has 6 heteroatoms. The molecule has 2 heterocycles. The van der Waals surface area contributed by atoms with Crippen molar-refractivity contribution >= 4 is 5.91 Å². The zero-order valence-corrected chi connectivity index (χ0v) is 12.1. The molecule has 1 aliphatic rings. The average Bonchev–Trinajstić information content (AvgIpc) is 2.58. The number of carbonyl (C=O) groups is 1. The van der Waals surface area contributed by atoms with Crippen molar-refractivity contribution in [2.24, 2.45) is 0 Å². The zero-order valence-electron chi connectivity index (χ0n) is 12.1. The minimum absolute atomic E-state index is 0.0646. The van der Waals surface area contributed by atoms with E-state index in [9.17, 15) is 4.79 Å². The number of likely N-dealkylation sites (tertiary alicyclic amines) is 1. The predicted octanol–water partition coefficient (Wildman–Crippen LogP) is 1.73. The third-order valence-corrected chi connectivity index (χ3v) is 3.53. The Hall–Kier alpha value is -3.38. The van der Waals surface area contributed by atoms with Gasteiger partial charge in [0.1, 0.15) is 23.6 Å². The van der Waals surface area contributed by atoms with Crippen molar-refractivity contribution in [3.63, 3.8) is 0 Å². The summed E-state index contributed by atoms with van der Waals surface area (Å²) >= 11 is 0. The molecule has 0 spiro atoms. The highest BCUT2D eigenvalue weighted by Gasteiger charge is 2.33. The van der Waals surface area contributed by atoms with E-state index in [2.05, 4.69) is 4.98 Å². The van der Waals surface area contributed by atoms with Crippen LogP contribution in [0.3, 0.4) is 0 Å². The predicted molar refractivity (Wildman–Crippen MR) is 80.4 cm³/mol. The Morgan fingerprint density at radius 1 is 1.09 bits per heavy atom. The molecule has 1 aromatic carbocycles. The molecule has 112 valence electrons. The number of hydrogen-bond donors (Lipinski definition) is 0. The molecule has 3 rings (SSSR count). The molecule has 1 aliphatic heterocycles. The van der Waals surface area contributed by atoms with Gasteiger partial charge in [0.15, 0.2) is 0 Å². The molecule has 2 aromatic rings. The molecule has 1 saturated heterocycles. The highest BCUT2D eigenvalue weighted by atomic mass is 16.5. The Balaban J connectivity index is 1.54. The van der Waals surface area contributed by atoms with Crippen LogP contribution in [-0.4, -0.2) is 35.0 Å². The number of ether oxygens (including phenoxy) is 1. The van der Waals surface area contributed by atoms with E-state index >= 15 is 0 Å². The van der Waals surface area contributed by atoms with Crippen LogP contribution in [0.15, 0.2) is 42.6 Å². The first-order valence-corrected chi connectivity index (χ1v) is 7.02. The number of pyridine rings is 1. The van der Waals surface area contributed by atoms with Gasteiger partial charge in [0.05, 0.1) is 30.3 Å². The molecule has 0 saturated carbocycles. The van der Waals surface area contributed by atoms with E-state index in [-0.39, 0.29) is 12.0 Å². The molecule has 1 aromatic heterocycles. The smallest absolute Gasteiger partial charge is 0.272 e. The van der Waals surface area contributed by atoms with E-state index in [1.165, 1.54) is 6.20 Å². The van der Waals surface area contributed by atoms with Crippen LogP contribution in [0.2, 0.25) is 0 Å². The number of benzene rings is 1. The van der Waals surface area contributed by atoms with E-state index in [1.54, 1.807) is 41.3 Å². The summed E-state index contributed by atoms with van der Waals surface area (Å²) in [4.78, 5) is 17.8. The van der Waals surface area contributed by atoms with Crippen LogP contribution in [-0.2, 0) is 0 Å². The zero-order chi connectivity index (χ0) is 16.2. The number of nitrogens with zero attached hydrogens (tertiary/aromatic N) is 4. The summed E-state index contributed by atoms with van der Waals surface area (Å²) in [5, 5.41) is 17.5. The standard InChI is InChI=1S/C17H12N4O2/c18-7-12-1-4-14(5-2-12)23-15-10-21(11-15)17(22)16-6-3-13(8-19)9-20-16/h1-6,9,15H,10-11H2. The average molecular weight is 304 g/mol. The number of amides is 1. The molecule has 0 unspecified atom stereocenters. The Morgan fingerprint density at radius 2 is 1.74 bits per heavy atom. The SMILES string of the molecule is N#Cc1ccc(OC2CN(C(=O)c3ccc(C#N)cn3)C2)cc1. The van der Waals surface area contributed by atoms with E-state index < -0.39 is 0 Å². The summed E-state index contributed by atoms with van der Waals surface area (Å²) in [5.74, 6) is 0.506. The second kappa shape index (κ2) is 6.17. The maximum Gasteiger partial charge on any atom is 0.272 e. The second-order valence-corrected chi connectivity index (χ2v) is 5.13. The number of hydrogen-bond acceptors (Lipinski definition) is 5. The first kappa shape index (κ1) is 14.6. The molecule has 23 heavy (non-hydrogen) atoms. The lowest BCUT2D eigenvalue weighted by Crippen LogP contribution is -2.56. The largest absolute Gasteiger partial charge is 0.487 e. The van der Waals surface area contributed by atoms with Crippen molar-refractivity contribution in [3.05, 3.63) is 59.4 Å². The third-order valence-electron chi connectivity index (χ3n) is 3.53. The quantitative estimate of drug-likeness (QED) is 0.861. The van der Waals surface area contributed by atoms with Gasteiger partial charge >= 0.3 is 0 Å². The summed E-state index contributed by atoms with van der Waals surface area (Å²) < 4.78 is 5.74. The van der Waals surface area contributed by atoms with E-state index in [1.807, 2.05) is 12.1 Å². The summed E-state index contributed by atoms with van der Waals surface area (Å²) in [6.07, 6.45) is 1.32. The van der Waals surface area contributed by atoms with Crippen LogP contribution < -0.4 is 4.74 Å². The van der Waals surface area contributed by atoms with Gasteiger partial charge in [-0.05, 0) is 36.4 Å². The third kappa shape index (κ3) is 3.12. The fourth-order valence-electron chi connectivity index (χ4n) is 2.23. The molecule has 0 N–H and O–H groups in total. The fourth-order valence-corrected chi connectivity index (χ4v) is 2.23. The van der Waals surface area contributed by atoms with Crippen molar-refractivity contribution < 1.29 is 9.53 Å². The fraction of sp³-hybridized carbons (Fsp3) is 0.176. The van der Waals surface area contributed by atoms with E-state index in [4.69, 9.17) is 15.3 Å². The summed E-state index contributed by atoms with van der Waals surface area (Å²) in [6, 6.07) is 14.0. The second-order valence-electron chi connectivity index (χ2n) is 5.13. The molecular weight excluding hydrogens is 292 g/mol. The van der Waals surface area contributed by atoms with E-state index in [0.29, 0.717) is 35.7 Å². The molecule has 6 nitrogen and oxygen atoms in total. The normalized spacial score (nSPS) is 13.6. The van der Waals surface area contributed by atoms with Gasteiger partial charge in [-0.25, -0.2) is 4.98 Å². The van der Waals surface area contributed by atoms with Crippen LogP contribution in [0.5, 0.6) is 5.75 Å². The molecular formula is C17H12N4O2. The van der Waals surface area contributed by atoms with Gasteiger partial charge in [0.25, 0.3) is 5.91 Å². The topological polar surface area (TPSA) is 90.0 Å². The summed E-state index contributed by atoms with van der Waals surface area (Å²) in [7, 11) is 0. The minimum Gasteiger partial charge on any atom is -0.487 e. The van der Waals surface area contributed by atoms with Crippen LogP contribution >= 0.6 is 0 Å². The van der Waals surface area contributed by atoms with Crippen molar-refractivity contribution in [1.82, 2.24) is 9.88 Å². The van der Waals surface area contributed by atoms with Crippen LogP contribution in [0, 0.1) is 22.7 Å². The number of carbonyl (C=O) groups excluding carboxylic acids is 1. The first-order valence-electron chi connectivity index (χ1n) is 7.02. The van der Waals surface area contributed by atoms with Gasteiger partial charge < -0.3 is 9.64 Å². The number of nitriles is 2. The maximum atomic E-state index is 12.2. The minimum atomic E-state index is -0.172.